The molecule has 0 spiro atoms. The molecule has 2 nitrogen and oxygen atoms in total. The zero-order chi connectivity index (χ0) is 8.44. The van der Waals surface area contributed by atoms with Gasteiger partial charge >= 0.3 is 0 Å². The van der Waals surface area contributed by atoms with E-state index in [1.54, 1.807) is 11.3 Å². The maximum atomic E-state index is 4.40. The molecule has 0 aromatic carbocycles. The fraction of sp³-hybridized carbons (Fsp3) is 0.667. The highest BCUT2D eigenvalue weighted by atomic mass is 32.1. The van der Waals surface area contributed by atoms with Gasteiger partial charge in [-0.25, -0.2) is 4.98 Å². The number of hydrogen-bond donors (Lipinski definition) is 1. The lowest BCUT2D eigenvalue weighted by molar-refractivity contribution is 0.334. The SMILES string of the molecule is CC1(c2nccs2)CCNCC1. The standard InChI is InChI=1S/C9H14N2S/c1-9(2-4-10-5-3-9)8-11-6-7-12-8/h6-7,10H,2-5H2,1H3. The van der Waals surface area contributed by atoms with Crippen LogP contribution in [0.2, 0.25) is 0 Å². The average molecular weight is 182 g/mol. The number of piperidine rings is 1. The highest BCUT2D eigenvalue weighted by molar-refractivity contribution is 7.09. The summed E-state index contributed by atoms with van der Waals surface area (Å²) in [5, 5.41) is 6.76. The van der Waals surface area contributed by atoms with Gasteiger partial charge in [0.2, 0.25) is 0 Å². The summed E-state index contributed by atoms with van der Waals surface area (Å²) in [6, 6.07) is 0. The average Bonchev–Trinajstić information content (AvgIpc) is 2.58. The van der Waals surface area contributed by atoms with Crippen molar-refractivity contribution in [3.8, 4) is 0 Å². The molecule has 3 heteroatoms. The van der Waals surface area contributed by atoms with Crippen LogP contribution in [0.3, 0.4) is 0 Å². The first-order valence-corrected chi connectivity index (χ1v) is 5.30. The van der Waals surface area contributed by atoms with E-state index < -0.39 is 0 Å². The van der Waals surface area contributed by atoms with Gasteiger partial charge in [0.25, 0.3) is 0 Å². The van der Waals surface area contributed by atoms with E-state index in [2.05, 4.69) is 22.6 Å². The monoisotopic (exact) mass is 182 g/mol. The molecule has 12 heavy (non-hydrogen) atoms. The van der Waals surface area contributed by atoms with Gasteiger partial charge in [-0.3, -0.25) is 0 Å². The Balaban J connectivity index is 2.19. The normalized spacial score (nSPS) is 22.4. The molecule has 0 atom stereocenters. The minimum atomic E-state index is 0.347. The second-order valence-electron chi connectivity index (χ2n) is 3.65. The maximum absolute atomic E-state index is 4.40. The number of thiazole rings is 1. The van der Waals surface area contributed by atoms with Crippen LogP contribution in [-0.2, 0) is 5.41 Å². The van der Waals surface area contributed by atoms with Crippen LogP contribution in [0.1, 0.15) is 24.8 Å². The number of nitrogens with one attached hydrogen (secondary N) is 1. The second-order valence-corrected chi connectivity index (χ2v) is 4.54. The number of aromatic nitrogens is 1. The van der Waals surface area contributed by atoms with Crippen molar-refractivity contribution in [3.05, 3.63) is 16.6 Å². The van der Waals surface area contributed by atoms with E-state index in [0.29, 0.717) is 5.41 Å². The van der Waals surface area contributed by atoms with Crippen molar-refractivity contribution in [2.45, 2.75) is 25.2 Å². The van der Waals surface area contributed by atoms with Gasteiger partial charge in [0.1, 0.15) is 0 Å². The molecule has 2 rings (SSSR count). The first-order valence-electron chi connectivity index (χ1n) is 4.42. The van der Waals surface area contributed by atoms with Crippen LogP contribution >= 0.6 is 11.3 Å². The highest BCUT2D eigenvalue weighted by Gasteiger charge is 2.30. The zero-order valence-corrected chi connectivity index (χ0v) is 8.16. The van der Waals surface area contributed by atoms with Gasteiger partial charge in [-0.2, -0.15) is 0 Å². The lowest BCUT2D eigenvalue weighted by atomic mass is 9.82. The third-order valence-electron chi connectivity index (χ3n) is 2.66. The summed E-state index contributed by atoms with van der Waals surface area (Å²) in [6.07, 6.45) is 4.36. The van der Waals surface area contributed by atoms with E-state index in [4.69, 9.17) is 0 Å². The Hall–Kier alpha value is -0.410. The van der Waals surface area contributed by atoms with Gasteiger partial charge in [-0.1, -0.05) is 6.92 Å². The quantitative estimate of drug-likeness (QED) is 0.716. The van der Waals surface area contributed by atoms with Crippen molar-refractivity contribution in [2.24, 2.45) is 0 Å². The van der Waals surface area contributed by atoms with E-state index in [-0.39, 0.29) is 0 Å². The van der Waals surface area contributed by atoms with Crippen molar-refractivity contribution in [2.75, 3.05) is 13.1 Å². The summed E-state index contributed by atoms with van der Waals surface area (Å²) in [5.41, 5.74) is 0.347. The summed E-state index contributed by atoms with van der Waals surface area (Å²) in [7, 11) is 0. The van der Waals surface area contributed by atoms with Crippen molar-refractivity contribution >= 4 is 11.3 Å². The van der Waals surface area contributed by atoms with Gasteiger partial charge in [0.05, 0.1) is 5.01 Å². The molecule has 1 aromatic heterocycles. The molecule has 2 heterocycles. The van der Waals surface area contributed by atoms with Crippen LogP contribution in [0.5, 0.6) is 0 Å². The van der Waals surface area contributed by atoms with E-state index in [1.807, 2.05) is 6.20 Å². The Labute approximate surface area is 77.0 Å². The number of hydrogen-bond acceptors (Lipinski definition) is 3. The van der Waals surface area contributed by atoms with E-state index in [1.165, 1.54) is 17.8 Å². The fourth-order valence-corrected chi connectivity index (χ4v) is 2.57. The van der Waals surface area contributed by atoms with E-state index in [0.717, 1.165) is 13.1 Å². The third-order valence-corrected chi connectivity index (χ3v) is 3.74. The molecule has 1 N–H and O–H groups in total. The molecular weight excluding hydrogens is 168 g/mol. The molecule has 0 saturated carbocycles. The molecule has 0 bridgehead atoms. The molecule has 1 aliphatic heterocycles. The minimum Gasteiger partial charge on any atom is -0.317 e. The zero-order valence-electron chi connectivity index (χ0n) is 7.34. The minimum absolute atomic E-state index is 0.347. The largest absolute Gasteiger partial charge is 0.317 e. The molecule has 0 amide bonds. The van der Waals surface area contributed by atoms with Crippen LogP contribution in [-0.4, -0.2) is 18.1 Å². The smallest absolute Gasteiger partial charge is 0.0984 e. The Morgan fingerprint density at radius 3 is 2.83 bits per heavy atom. The van der Waals surface area contributed by atoms with Gasteiger partial charge < -0.3 is 5.32 Å². The van der Waals surface area contributed by atoms with Gasteiger partial charge in [0, 0.05) is 17.0 Å². The van der Waals surface area contributed by atoms with Gasteiger partial charge in [-0.15, -0.1) is 11.3 Å². The number of nitrogens with zero attached hydrogens (tertiary/aromatic N) is 1. The molecule has 0 radical (unpaired) electrons. The van der Waals surface area contributed by atoms with Crippen LogP contribution in [0.15, 0.2) is 11.6 Å². The summed E-state index contributed by atoms with van der Waals surface area (Å²) in [4.78, 5) is 4.40. The van der Waals surface area contributed by atoms with Crippen molar-refractivity contribution in [3.63, 3.8) is 0 Å². The summed E-state index contributed by atoms with van der Waals surface area (Å²) >= 11 is 1.79. The first kappa shape index (κ1) is 8.20. The summed E-state index contributed by atoms with van der Waals surface area (Å²) < 4.78 is 0. The van der Waals surface area contributed by atoms with Crippen LogP contribution in [0.4, 0.5) is 0 Å². The van der Waals surface area contributed by atoms with Crippen molar-refractivity contribution < 1.29 is 0 Å². The van der Waals surface area contributed by atoms with Crippen LogP contribution in [0, 0.1) is 0 Å². The van der Waals surface area contributed by atoms with E-state index in [9.17, 15) is 0 Å². The Morgan fingerprint density at radius 2 is 2.25 bits per heavy atom. The molecule has 0 aliphatic carbocycles. The molecule has 1 aliphatic rings. The predicted octanol–water partition coefficient (Wildman–Crippen LogP) is 1.78. The lowest BCUT2D eigenvalue weighted by Gasteiger charge is -2.31. The molecule has 0 unspecified atom stereocenters. The maximum Gasteiger partial charge on any atom is 0.0984 e. The predicted molar refractivity (Wildman–Crippen MR) is 51.6 cm³/mol. The lowest BCUT2D eigenvalue weighted by Crippen LogP contribution is -2.37. The highest BCUT2D eigenvalue weighted by Crippen LogP contribution is 2.33. The molecule has 66 valence electrons. The van der Waals surface area contributed by atoms with Crippen LogP contribution in [0.25, 0.3) is 0 Å². The van der Waals surface area contributed by atoms with Gasteiger partial charge in [-0.05, 0) is 25.9 Å². The third kappa shape index (κ3) is 1.39. The summed E-state index contributed by atoms with van der Waals surface area (Å²) in [5.74, 6) is 0. The Morgan fingerprint density at radius 1 is 1.50 bits per heavy atom. The molecule has 1 aromatic rings. The van der Waals surface area contributed by atoms with E-state index >= 15 is 0 Å². The second kappa shape index (κ2) is 3.15. The molecule has 1 fully saturated rings. The topological polar surface area (TPSA) is 24.9 Å². The Bertz CT molecular complexity index is 237. The van der Waals surface area contributed by atoms with Gasteiger partial charge in [0.15, 0.2) is 0 Å². The molecule has 1 saturated heterocycles. The first-order chi connectivity index (χ1) is 5.81. The number of rotatable bonds is 1. The van der Waals surface area contributed by atoms with Crippen LogP contribution < -0.4 is 5.32 Å². The Kier molecular flexibility index (Phi) is 2.15. The van der Waals surface area contributed by atoms with Crippen molar-refractivity contribution in [1.82, 2.24) is 10.3 Å². The molecular formula is C9H14N2S. The van der Waals surface area contributed by atoms with Crippen molar-refractivity contribution in [1.29, 1.82) is 0 Å². The summed E-state index contributed by atoms with van der Waals surface area (Å²) in [6.45, 7) is 4.60. The fourth-order valence-electron chi connectivity index (χ4n) is 1.71.